The molecule has 8 nitrogen and oxygen atoms in total. The molecule has 0 saturated heterocycles. The zero-order valence-electron chi connectivity index (χ0n) is 11.6. The normalized spacial score (nSPS) is 13.7. The van der Waals surface area contributed by atoms with Crippen LogP contribution in [0.15, 0.2) is 29.1 Å². The molecule has 2 aromatic heterocycles. The number of nitrogens with one attached hydrogen (secondary N) is 1. The first-order chi connectivity index (χ1) is 10.6. The molecule has 0 spiro atoms. The third-order valence-electron chi connectivity index (χ3n) is 2.76. The number of aromatic nitrogens is 3. The summed E-state index contributed by atoms with van der Waals surface area (Å²) in [6, 6.07) is 0.738. The van der Waals surface area contributed by atoms with Crippen molar-refractivity contribution in [2.24, 2.45) is 0 Å². The summed E-state index contributed by atoms with van der Waals surface area (Å²) >= 11 is 0. The Morgan fingerprint density at radius 1 is 1.43 bits per heavy atom. The van der Waals surface area contributed by atoms with E-state index in [9.17, 15) is 26.4 Å². The van der Waals surface area contributed by atoms with Crippen LogP contribution in [0.5, 0.6) is 0 Å². The highest BCUT2D eigenvalue weighted by molar-refractivity contribution is 7.89. The number of amides is 1. The summed E-state index contributed by atoms with van der Waals surface area (Å²) in [6.07, 6.45) is -2.55. The van der Waals surface area contributed by atoms with Crippen LogP contribution >= 0.6 is 0 Å². The zero-order valence-corrected chi connectivity index (χ0v) is 12.4. The van der Waals surface area contributed by atoms with Gasteiger partial charge in [0.2, 0.25) is 10.0 Å². The van der Waals surface area contributed by atoms with Gasteiger partial charge in [-0.3, -0.25) is 14.2 Å². The Labute approximate surface area is 128 Å². The van der Waals surface area contributed by atoms with Crippen molar-refractivity contribution in [1.29, 1.82) is 0 Å². The lowest BCUT2D eigenvalue weighted by molar-refractivity contribution is -0.142. The molecule has 1 atom stereocenters. The summed E-state index contributed by atoms with van der Waals surface area (Å²) in [5, 5.41) is 6.61. The molecular weight excluding hydrogens is 341 g/mol. The van der Waals surface area contributed by atoms with E-state index in [1.165, 1.54) is 13.0 Å². The van der Waals surface area contributed by atoms with Gasteiger partial charge in [0, 0.05) is 12.3 Å². The summed E-state index contributed by atoms with van der Waals surface area (Å²) in [4.78, 5) is 11.9. The van der Waals surface area contributed by atoms with Crippen molar-refractivity contribution in [2.45, 2.75) is 24.9 Å². The number of hydrogen-bond acceptors (Lipinski definition) is 6. The smallest absolute Gasteiger partial charge is 0.364 e. The van der Waals surface area contributed by atoms with Crippen molar-refractivity contribution in [3.05, 3.63) is 36.0 Å². The first-order valence-corrected chi connectivity index (χ1v) is 7.79. The van der Waals surface area contributed by atoms with Crippen LogP contribution in [0.2, 0.25) is 0 Å². The molecule has 126 valence electrons. The van der Waals surface area contributed by atoms with Gasteiger partial charge in [0.1, 0.15) is 23.8 Å². The minimum atomic E-state index is -4.65. The SMILES string of the molecule is CC(C(=O)NS(=O)(=O)Cc1ccon1)n1ccc(C(F)(F)F)n1. The molecule has 0 fully saturated rings. The maximum atomic E-state index is 12.5. The second-order valence-corrected chi connectivity index (χ2v) is 6.29. The highest BCUT2D eigenvalue weighted by atomic mass is 32.2. The zero-order chi connectivity index (χ0) is 17.3. The highest BCUT2D eigenvalue weighted by Gasteiger charge is 2.34. The molecule has 23 heavy (non-hydrogen) atoms. The largest absolute Gasteiger partial charge is 0.435 e. The van der Waals surface area contributed by atoms with E-state index in [4.69, 9.17) is 0 Å². The van der Waals surface area contributed by atoms with E-state index >= 15 is 0 Å². The molecule has 0 radical (unpaired) electrons. The van der Waals surface area contributed by atoms with E-state index in [2.05, 4.69) is 14.8 Å². The number of nitrogens with zero attached hydrogens (tertiary/aromatic N) is 3. The van der Waals surface area contributed by atoms with Gasteiger partial charge in [0.05, 0.1) is 0 Å². The number of carbonyl (C=O) groups excluding carboxylic acids is 1. The molecule has 1 amide bonds. The standard InChI is InChI=1S/C11H11F3N4O4S/c1-7(18-4-2-9(15-18)11(12,13)14)10(19)17-23(20,21)6-8-3-5-22-16-8/h2-5,7H,6H2,1H3,(H,17,19). The van der Waals surface area contributed by atoms with Crippen molar-refractivity contribution in [3.63, 3.8) is 0 Å². The Morgan fingerprint density at radius 2 is 2.13 bits per heavy atom. The van der Waals surface area contributed by atoms with E-state index in [0.717, 1.165) is 17.1 Å². The first-order valence-electron chi connectivity index (χ1n) is 6.14. The molecule has 2 aromatic rings. The molecule has 2 heterocycles. The number of alkyl halides is 3. The minimum absolute atomic E-state index is 0.0800. The van der Waals surface area contributed by atoms with E-state index < -0.39 is 39.6 Å². The van der Waals surface area contributed by atoms with Crippen LogP contribution in [0.1, 0.15) is 24.4 Å². The maximum absolute atomic E-state index is 12.5. The lowest BCUT2D eigenvalue weighted by Gasteiger charge is -2.12. The fourth-order valence-corrected chi connectivity index (χ4v) is 2.69. The molecule has 2 rings (SSSR count). The maximum Gasteiger partial charge on any atom is 0.435 e. The van der Waals surface area contributed by atoms with Gasteiger partial charge < -0.3 is 4.52 Å². The second-order valence-electron chi connectivity index (χ2n) is 4.57. The molecule has 1 unspecified atom stereocenters. The predicted octanol–water partition coefficient (Wildman–Crippen LogP) is 1.10. The van der Waals surface area contributed by atoms with Crippen molar-refractivity contribution in [3.8, 4) is 0 Å². The summed E-state index contributed by atoms with van der Waals surface area (Å²) < 4.78 is 67.9. The lowest BCUT2D eigenvalue weighted by Crippen LogP contribution is -2.36. The Bertz CT molecular complexity index is 783. The van der Waals surface area contributed by atoms with Gasteiger partial charge in [0.25, 0.3) is 5.91 Å². The monoisotopic (exact) mass is 352 g/mol. The van der Waals surface area contributed by atoms with Gasteiger partial charge in [-0.2, -0.15) is 18.3 Å². The van der Waals surface area contributed by atoms with Crippen LogP contribution in [0, 0.1) is 0 Å². The van der Waals surface area contributed by atoms with Gasteiger partial charge in [0.15, 0.2) is 5.69 Å². The van der Waals surface area contributed by atoms with Crippen molar-refractivity contribution in [2.75, 3.05) is 0 Å². The molecule has 0 aliphatic rings. The van der Waals surface area contributed by atoms with E-state index in [-0.39, 0.29) is 5.69 Å². The molecule has 0 aliphatic carbocycles. The molecule has 12 heteroatoms. The predicted molar refractivity (Wildman–Crippen MR) is 69.2 cm³/mol. The van der Waals surface area contributed by atoms with Gasteiger partial charge in [-0.1, -0.05) is 5.16 Å². The van der Waals surface area contributed by atoms with Crippen LogP contribution in [0.4, 0.5) is 13.2 Å². The van der Waals surface area contributed by atoms with Crippen molar-refractivity contribution in [1.82, 2.24) is 19.7 Å². The van der Waals surface area contributed by atoms with Crippen LogP contribution in [0.3, 0.4) is 0 Å². The van der Waals surface area contributed by atoms with Crippen LogP contribution in [0.25, 0.3) is 0 Å². The Balaban J connectivity index is 2.06. The topological polar surface area (TPSA) is 107 Å². The average molecular weight is 352 g/mol. The van der Waals surface area contributed by atoms with Crippen LogP contribution < -0.4 is 4.72 Å². The lowest BCUT2D eigenvalue weighted by atomic mass is 10.3. The van der Waals surface area contributed by atoms with E-state index in [1.807, 2.05) is 0 Å². The summed E-state index contributed by atoms with van der Waals surface area (Å²) in [5.41, 5.74) is -1.10. The Morgan fingerprint density at radius 3 is 2.65 bits per heavy atom. The van der Waals surface area contributed by atoms with Gasteiger partial charge in [-0.25, -0.2) is 8.42 Å². The third-order valence-corrected chi connectivity index (χ3v) is 3.95. The van der Waals surface area contributed by atoms with E-state index in [0.29, 0.717) is 6.07 Å². The molecular formula is C11H11F3N4O4S. The van der Waals surface area contributed by atoms with Crippen LogP contribution in [-0.2, 0) is 26.7 Å². The average Bonchev–Trinajstić information content (AvgIpc) is 3.06. The number of carbonyl (C=O) groups is 1. The Kier molecular flexibility index (Phi) is 4.45. The fourth-order valence-electron chi connectivity index (χ4n) is 1.61. The molecule has 0 aliphatic heterocycles. The van der Waals surface area contributed by atoms with Gasteiger partial charge in [-0.15, -0.1) is 0 Å². The molecule has 0 saturated carbocycles. The van der Waals surface area contributed by atoms with Gasteiger partial charge >= 0.3 is 6.18 Å². The summed E-state index contributed by atoms with van der Waals surface area (Å²) in [7, 11) is -4.06. The van der Waals surface area contributed by atoms with E-state index in [1.54, 1.807) is 4.72 Å². The Hall–Kier alpha value is -2.37. The molecule has 0 aromatic carbocycles. The molecule has 0 bridgehead atoms. The molecule has 1 N–H and O–H groups in total. The quantitative estimate of drug-likeness (QED) is 0.863. The van der Waals surface area contributed by atoms with Crippen LogP contribution in [-0.4, -0.2) is 29.3 Å². The summed E-state index contributed by atoms with van der Waals surface area (Å²) in [5.74, 6) is -1.63. The first kappa shape index (κ1) is 17.0. The van der Waals surface area contributed by atoms with Crippen molar-refractivity contribution >= 4 is 15.9 Å². The third kappa shape index (κ3) is 4.31. The number of rotatable bonds is 5. The van der Waals surface area contributed by atoms with Crippen molar-refractivity contribution < 1.29 is 30.9 Å². The van der Waals surface area contributed by atoms with Gasteiger partial charge in [-0.05, 0) is 13.0 Å². The summed E-state index contributed by atoms with van der Waals surface area (Å²) in [6.45, 7) is 1.22. The fraction of sp³-hybridized carbons (Fsp3) is 0.364. The number of hydrogen-bond donors (Lipinski definition) is 1. The number of halogens is 3. The second kappa shape index (κ2) is 6.02. The highest BCUT2D eigenvalue weighted by Crippen LogP contribution is 2.27. The minimum Gasteiger partial charge on any atom is -0.364 e. The number of sulfonamides is 1.